The lowest BCUT2D eigenvalue weighted by Crippen LogP contribution is -2.59. The monoisotopic (exact) mass is 588 g/mol. The number of likely N-dealkylation sites (tertiary alicyclic amines) is 1. The molecule has 3 aromatic rings. The number of halogens is 4. The van der Waals surface area contributed by atoms with Crippen LogP contribution in [0.25, 0.3) is 6.08 Å². The van der Waals surface area contributed by atoms with Gasteiger partial charge in [-0.1, -0.05) is 29.8 Å². The van der Waals surface area contributed by atoms with Crippen molar-refractivity contribution in [2.75, 3.05) is 19.6 Å². The molecule has 2 N–H and O–H groups in total. The molecular weight excluding hydrogens is 565 g/mol. The lowest BCUT2D eigenvalue weighted by atomic mass is 10.1. The van der Waals surface area contributed by atoms with Gasteiger partial charge in [-0.25, -0.2) is 9.97 Å². The van der Waals surface area contributed by atoms with Gasteiger partial charge in [0.15, 0.2) is 5.69 Å². The number of nitrogens with one attached hydrogen (secondary N) is 2. The number of ether oxygens (including phenoxy) is 1. The summed E-state index contributed by atoms with van der Waals surface area (Å²) in [6.45, 7) is -0.153. The Kier molecular flexibility index (Phi) is 9.50. The van der Waals surface area contributed by atoms with Crippen molar-refractivity contribution < 1.29 is 32.3 Å². The fourth-order valence-electron chi connectivity index (χ4n) is 3.75. The third-order valence-corrected chi connectivity index (χ3v) is 6.16. The highest BCUT2D eigenvalue weighted by molar-refractivity contribution is 6.30. The van der Waals surface area contributed by atoms with E-state index in [0.29, 0.717) is 16.8 Å². The van der Waals surface area contributed by atoms with E-state index in [2.05, 4.69) is 25.6 Å². The van der Waals surface area contributed by atoms with Gasteiger partial charge in [0.1, 0.15) is 18.5 Å². The minimum absolute atomic E-state index is 0.0832. The molecule has 1 aromatic carbocycles. The van der Waals surface area contributed by atoms with E-state index in [-0.39, 0.29) is 31.9 Å². The zero-order valence-corrected chi connectivity index (χ0v) is 22.1. The van der Waals surface area contributed by atoms with E-state index >= 15 is 0 Å². The molecule has 0 radical (unpaired) electrons. The van der Waals surface area contributed by atoms with Crippen LogP contribution in [0.5, 0.6) is 5.88 Å². The summed E-state index contributed by atoms with van der Waals surface area (Å²) in [4.78, 5) is 50.5. The number of rotatable bonds is 10. The maximum Gasteiger partial charge on any atom is 0.433 e. The van der Waals surface area contributed by atoms with E-state index in [0.717, 1.165) is 11.9 Å². The highest BCUT2D eigenvalue weighted by Crippen LogP contribution is 2.29. The lowest BCUT2D eigenvalue weighted by Gasteiger charge is -2.38. The second-order valence-electron chi connectivity index (χ2n) is 8.97. The summed E-state index contributed by atoms with van der Waals surface area (Å²) in [6.07, 6.45) is 0.0460. The Morgan fingerprint density at radius 3 is 2.54 bits per heavy atom. The molecule has 4 rings (SSSR count). The van der Waals surface area contributed by atoms with E-state index in [9.17, 15) is 27.6 Å². The Morgan fingerprint density at radius 1 is 1.10 bits per heavy atom. The van der Waals surface area contributed by atoms with Crippen molar-refractivity contribution in [3.63, 3.8) is 0 Å². The van der Waals surface area contributed by atoms with Gasteiger partial charge in [0.25, 0.3) is 0 Å². The van der Waals surface area contributed by atoms with Gasteiger partial charge in [-0.2, -0.15) is 13.2 Å². The number of hydrogen-bond acceptors (Lipinski definition) is 7. The molecule has 3 amide bonds. The van der Waals surface area contributed by atoms with Crippen LogP contribution in [-0.4, -0.2) is 69.4 Å². The van der Waals surface area contributed by atoms with Gasteiger partial charge in [0.2, 0.25) is 23.6 Å². The van der Waals surface area contributed by atoms with Gasteiger partial charge in [-0.3, -0.25) is 19.4 Å². The SMILES string of the molecule is O=C(/C=C/c1ccc(Cl)cc1)N[C@@H](Cc1ccccn1)C(=O)NCC(=O)N1CC(Oc2cc(C(F)(F)F)ncn2)C1. The summed E-state index contributed by atoms with van der Waals surface area (Å²) in [6, 6.07) is 11.7. The van der Waals surface area contributed by atoms with Crippen LogP contribution in [0.15, 0.2) is 67.1 Å². The van der Waals surface area contributed by atoms with Gasteiger partial charge in [-0.15, -0.1) is 0 Å². The second kappa shape index (κ2) is 13.2. The first-order valence-electron chi connectivity index (χ1n) is 12.3. The Hall–Kier alpha value is -4.52. The smallest absolute Gasteiger partial charge is 0.433 e. The molecule has 14 heteroatoms. The van der Waals surface area contributed by atoms with E-state index in [1.54, 1.807) is 54.7 Å². The first-order chi connectivity index (χ1) is 19.6. The highest BCUT2D eigenvalue weighted by Gasteiger charge is 2.35. The molecule has 10 nitrogen and oxygen atoms in total. The Bertz CT molecular complexity index is 1400. The van der Waals surface area contributed by atoms with Crippen molar-refractivity contribution in [1.82, 2.24) is 30.5 Å². The standard InChI is InChI=1S/C27H24ClF3N6O4/c28-18-7-4-17(5-8-18)6-9-23(38)36-21(11-19-3-1-2-10-32-19)26(40)33-13-25(39)37-14-20(15-37)41-24-12-22(27(29,30)31)34-16-35-24/h1-10,12,16,20-21H,11,13-15H2,(H,33,40)(H,36,38)/b9-6+/t21-/m0/s1. The average Bonchev–Trinajstić information content (AvgIpc) is 2.93. The molecule has 1 aliphatic rings. The zero-order chi connectivity index (χ0) is 29.4. The topological polar surface area (TPSA) is 126 Å². The summed E-state index contributed by atoms with van der Waals surface area (Å²) in [5.41, 5.74) is 0.158. The van der Waals surface area contributed by atoms with Crippen LogP contribution in [0.2, 0.25) is 5.02 Å². The van der Waals surface area contributed by atoms with Crippen LogP contribution >= 0.6 is 11.6 Å². The van der Waals surface area contributed by atoms with E-state index in [1.165, 1.54) is 11.0 Å². The number of amides is 3. The highest BCUT2D eigenvalue weighted by atomic mass is 35.5. The van der Waals surface area contributed by atoms with Crippen LogP contribution < -0.4 is 15.4 Å². The molecule has 0 saturated carbocycles. The van der Waals surface area contributed by atoms with Crippen molar-refractivity contribution in [1.29, 1.82) is 0 Å². The first kappa shape index (κ1) is 29.5. The largest absolute Gasteiger partial charge is 0.470 e. The number of carbonyl (C=O) groups excluding carboxylic acids is 3. The molecule has 1 atom stereocenters. The molecule has 0 spiro atoms. The minimum atomic E-state index is -4.64. The van der Waals surface area contributed by atoms with Crippen molar-refractivity contribution in [2.45, 2.75) is 24.7 Å². The Labute approximate surface area is 237 Å². The van der Waals surface area contributed by atoms with Crippen LogP contribution in [0.4, 0.5) is 13.2 Å². The van der Waals surface area contributed by atoms with Crippen LogP contribution in [0, 0.1) is 0 Å². The predicted octanol–water partition coefficient (Wildman–Crippen LogP) is 2.69. The maximum atomic E-state index is 13.0. The summed E-state index contributed by atoms with van der Waals surface area (Å²) in [5.74, 6) is -1.80. The molecule has 41 heavy (non-hydrogen) atoms. The normalized spacial score (nSPS) is 14.3. The van der Waals surface area contributed by atoms with Crippen molar-refractivity contribution in [3.8, 4) is 5.88 Å². The average molecular weight is 589 g/mol. The van der Waals surface area contributed by atoms with Crippen LogP contribution in [0.3, 0.4) is 0 Å². The van der Waals surface area contributed by atoms with Gasteiger partial charge in [0, 0.05) is 35.5 Å². The van der Waals surface area contributed by atoms with E-state index in [1.807, 2.05) is 0 Å². The van der Waals surface area contributed by atoms with Crippen molar-refractivity contribution in [2.24, 2.45) is 0 Å². The summed E-state index contributed by atoms with van der Waals surface area (Å²) < 4.78 is 43.9. The molecule has 2 aromatic heterocycles. The van der Waals surface area contributed by atoms with Crippen molar-refractivity contribution >= 4 is 35.4 Å². The molecule has 0 bridgehead atoms. The summed E-state index contributed by atoms with van der Waals surface area (Å²) >= 11 is 5.87. The van der Waals surface area contributed by atoms with Gasteiger partial charge < -0.3 is 20.3 Å². The molecule has 1 saturated heterocycles. The fourth-order valence-corrected chi connectivity index (χ4v) is 3.87. The Morgan fingerprint density at radius 2 is 1.85 bits per heavy atom. The zero-order valence-electron chi connectivity index (χ0n) is 21.3. The minimum Gasteiger partial charge on any atom is -0.470 e. The molecule has 1 aliphatic heterocycles. The van der Waals surface area contributed by atoms with Crippen molar-refractivity contribution in [3.05, 3.63) is 89.1 Å². The first-order valence-corrected chi connectivity index (χ1v) is 12.7. The van der Waals surface area contributed by atoms with Crippen LogP contribution in [0.1, 0.15) is 17.0 Å². The van der Waals surface area contributed by atoms with Gasteiger partial charge >= 0.3 is 6.18 Å². The van der Waals surface area contributed by atoms with E-state index in [4.69, 9.17) is 16.3 Å². The number of hydrogen-bond donors (Lipinski definition) is 2. The summed E-state index contributed by atoms with van der Waals surface area (Å²) in [7, 11) is 0. The molecule has 3 heterocycles. The van der Waals surface area contributed by atoms with E-state index < -0.39 is 41.7 Å². The molecule has 214 valence electrons. The third-order valence-electron chi connectivity index (χ3n) is 5.90. The Balaban J connectivity index is 1.29. The second-order valence-corrected chi connectivity index (χ2v) is 9.40. The molecule has 0 unspecified atom stereocenters. The van der Waals surface area contributed by atoms with Gasteiger partial charge in [0.05, 0.1) is 19.6 Å². The molecular formula is C27H24ClF3N6O4. The molecule has 0 aliphatic carbocycles. The van der Waals surface area contributed by atoms with Crippen LogP contribution in [-0.2, 0) is 27.0 Å². The number of alkyl halides is 3. The molecule has 1 fully saturated rings. The number of nitrogens with zero attached hydrogens (tertiary/aromatic N) is 4. The summed E-state index contributed by atoms with van der Waals surface area (Å²) in [5, 5.41) is 5.72. The number of pyridine rings is 1. The number of carbonyl (C=O) groups is 3. The number of aromatic nitrogens is 3. The lowest BCUT2D eigenvalue weighted by molar-refractivity contribution is -0.142. The fraction of sp³-hybridized carbons (Fsp3) is 0.259. The number of benzene rings is 1. The quantitative estimate of drug-likeness (QED) is 0.349. The maximum absolute atomic E-state index is 13.0. The third kappa shape index (κ3) is 8.73. The predicted molar refractivity (Wildman–Crippen MR) is 141 cm³/mol. The van der Waals surface area contributed by atoms with Gasteiger partial charge in [-0.05, 0) is 35.9 Å².